The molecule has 4 nitrogen and oxygen atoms in total. The van der Waals surface area contributed by atoms with Crippen molar-refractivity contribution in [3.8, 4) is 0 Å². The van der Waals surface area contributed by atoms with Crippen molar-refractivity contribution >= 4 is 17.4 Å². The molecular formula is C12H19N3O. The average Bonchev–Trinajstić information content (AvgIpc) is 2.18. The molecule has 0 spiro atoms. The largest absolute Gasteiger partial charge is 0.365 e. The molecular weight excluding hydrogens is 202 g/mol. The molecule has 1 aromatic rings. The van der Waals surface area contributed by atoms with Gasteiger partial charge in [-0.2, -0.15) is 0 Å². The van der Waals surface area contributed by atoms with E-state index in [-0.39, 0.29) is 11.4 Å². The second-order valence-corrected chi connectivity index (χ2v) is 4.71. The first kappa shape index (κ1) is 12.5. The summed E-state index contributed by atoms with van der Waals surface area (Å²) in [4.78, 5) is 15.4. The van der Waals surface area contributed by atoms with E-state index in [0.717, 1.165) is 11.5 Å². The maximum absolute atomic E-state index is 11.1. The van der Waals surface area contributed by atoms with Gasteiger partial charge >= 0.3 is 0 Å². The summed E-state index contributed by atoms with van der Waals surface area (Å²) in [6, 6.07) is 3.70. The lowest BCUT2D eigenvalue weighted by Gasteiger charge is -2.21. The van der Waals surface area contributed by atoms with Crippen LogP contribution in [0.4, 0.5) is 11.5 Å². The first-order chi connectivity index (χ1) is 7.40. The number of aromatic nitrogens is 1. The zero-order valence-corrected chi connectivity index (χ0v) is 10.3. The van der Waals surface area contributed by atoms with Crippen LogP contribution in [-0.2, 0) is 4.79 Å². The van der Waals surface area contributed by atoms with Gasteiger partial charge in [-0.05, 0) is 32.9 Å². The zero-order chi connectivity index (χ0) is 12.2. The van der Waals surface area contributed by atoms with Crippen LogP contribution in [-0.4, -0.2) is 16.4 Å². The highest BCUT2D eigenvalue weighted by molar-refractivity contribution is 5.90. The van der Waals surface area contributed by atoms with Gasteiger partial charge in [0.2, 0.25) is 5.91 Å². The van der Waals surface area contributed by atoms with Crippen LogP contribution in [0.15, 0.2) is 18.3 Å². The van der Waals surface area contributed by atoms with Crippen molar-refractivity contribution < 1.29 is 4.79 Å². The highest BCUT2D eigenvalue weighted by Crippen LogP contribution is 2.14. The second kappa shape index (κ2) is 4.96. The monoisotopic (exact) mass is 221 g/mol. The van der Waals surface area contributed by atoms with Crippen LogP contribution in [0.1, 0.15) is 34.1 Å². The lowest BCUT2D eigenvalue weighted by molar-refractivity contribution is -0.115. The number of nitrogens with zero attached hydrogens (tertiary/aromatic N) is 1. The summed E-state index contributed by atoms with van der Waals surface area (Å²) in [5.74, 6) is 0.806. The Balaban J connectivity index is 2.64. The minimum absolute atomic E-state index is 0.00155. The normalized spacial score (nSPS) is 11.0. The lowest BCUT2D eigenvalue weighted by Crippen LogP contribution is -2.26. The summed E-state index contributed by atoms with van der Waals surface area (Å²) in [7, 11) is 0. The van der Waals surface area contributed by atoms with Crippen LogP contribution in [0.2, 0.25) is 0 Å². The molecule has 88 valence electrons. The van der Waals surface area contributed by atoms with E-state index in [0.29, 0.717) is 6.42 Å². The molecule has 0 aliphatic carbocycles. The molecule has 1 amide bonds. The Morgan fingerprint density at radius 2 is 2.06 bits per heavy atom. The summed E-state index contributed by atoms with van der Waals surface area (Å²) < 4.78 is 0. The summed E-state index contributed by atoms with van der Waals surface area (Å²) in [5.41, 5.74) is 0.715. The van der Waals surface area contributed by atoms with E-state index >= 15 is 0 Å². The van der Waals surface area contributed by atoms with Gasteiger partial charge in [-0.3, -0.25) is 4.79 Å². The number of rotatable bonds is 3. The zero-order valence-electron chi connectivity index (χ0n) is 10.3. The molecule has 4 heteroatoms. The molecule has 0 bridgehead atoms. The number of carbonyl (C=O) groups excluding carboxylic acids is 1. The van der Waals surface area contributed by atoms with Crippen molar-refractivity contribution in [2.24, 2.45) is 0 Å². The molecule has 0 aliphatic heterocycles. The Bertz CT molecular complexity index is 352. The fraction of sp³-hybridized carbons (Fsp3) is 0.500. The summed E-state index contributed by atoms with van der Waals surface area (Å²) in [6.07, 6.45) is 2.13. The summed E-state index contributed by atoms with van der Waals surface area (Å²) >= 11 is 0. The molecule has 0 radical (unpaired) electrons. The molecule has 0 aromatic carbocycles. The molecule has 2 N–H and O–H groups in total. The number of nitrogens with one attached hydrogen (secondary N) is 2. The van der Waals surface area contributed by atoms with Crippen molar-refractivity contribution in [3.05, 3.63) is 18.3 Å². The van der Waals surface area contributed by atoms with E-state index in [1.54, 1.807) is 6.20 Å². The fourth-order valence-corrected chi connectivity index (χ4v) is 1.18. The van der Waals surface area contributed by atoms with E-state index in [9.17, 15) is 4.79 Å². The topological polar surface area (TPSA) is 54.0 Å². The molecule has 0 saturated carbocycles. The van der Waals surface area contributed by atoms with Crippen molar-refractivity contribution in [1.82, 2.24) is 4.98 Å². The molecule has 1 aromatic heterocycles. The molecule has 1 heterocycles. The number of anilines is 2. The maximum Gasteiger partial charge on any atom is 0.224 e. The summed E-state index contributed by atoms with van der Waals surface area (Å²) in [6.45, 7) is 8.03. The lowest BCUT2D eigenvalue weighted by atomic mass is 10.1. The van der Waals surface area contributed by atoms with E-state index in [1.807, 2.05) is 19.1 Å². The van der Waals surface area contributed by atoms with Crippen molar-refractivity contribution in [1.29, 1.82) is 0 Å². The predicted octanol–water partition coefficient (Wildman–Crippen LogP) is 2.64. The van der Waals surface area contributed by atoms with E-state index in [2.05, 4.69) is 36.4 Å². The quantitative estimate of drug-likeness (QED) is 0.825. The Hall–Kier alpha value is -1.58. The average molecular weight is 221 g/mol. The highest BCUT2D eigenvalue weighted by atomic mass is 16.1. The van der Waals surface area contributed by atoms with Crippen LogP contribution in [0.3, 0.4) is 0 Å². The van der Waals surface area contributed by atoms with E-state index in [4.69, 9.17) is 0 Å². The van der Waals surface area contributed by atoms with Gasteiger partial charge in [0, 0.05) is 12.0 Å². The standard InChI is InChI=1S/C12H19N3O/c1-5-11(16)14-9-6-7-10(13-8-9)15-12(2,3)4/h6-8H,5H2,1-4H3,(H,13,15)(H,14,16). The number of hydrogen-bond acceptors (Lipinski definition) is 3. The van der Waals surface area contributed by atoms with Gasteiger partial charge in [-0.25, -0.2) is 4.98 Å². The van der Waals surface area contributed by atoms with Gasteiger partial charge in [-0.1, -0.05) is 6.92 Å². The fourth-order valence-electron chi connectivity index (χ4n) is 1.18. The Labute approximate surface area is 96.5 Å². The number of amides is 1. The number of hydrogen-bond donors (Lipinski definition) is 2. The molecule has 0 unspecified atom stereocenters. The third-order valence-electron chi connectivity index (χ3n) is 1.87. The highest BCUT2D eigenvalue weighted by Gasteiger charge is 2.09. The number of pyridine rings is 1. The van der Waals surface area contributed by atoms with Gasteiger partial charge in [0.25, 0.3) is 0 Å². The first-order valence-corrected chi connectivity index (χ1v) is 5.45. The maximum atomic E-state index is 11.1. The third-order valence-corrected chi connectivity index (χ3v) is 1.87. The van der Waals surface area contributed by atoms with Crippen molar-refractivity contribution in [2.75, 3.05) is 10.6 Å². The third kappa shape index (κ3) is 4.29. The SMILES string of the molecule is CCC(=O)Nc1ccc(NC(C)(C)C)nc1. The second-order valence-electron chi connectivity index (χ2n) is 4.71. The van der Waals surface area contributed by atoms with Crippen LogP contribution >= 0.6 is 0 Å². The molecule has 1 rings (SSSR count). The Morgan fingerprint density at radius 3 is 2.50 bits per heavy atom. The molecule has 0 aliphatic rings. The van der Waals surface area contributed by atoms with Gasteiger partial charge in [0.1, 0.15) is 5.82 Å². The molecule has 0 fully saturated rings. The van der Waals surface area contributed by atoms with E-state index in [1.165, 1.54) is 0 Å². The minimum atomic E-state index is -0.0127. The van der Waals surface area contributed by atoms with Crippen molar-refractivity contribution in [3.63, 3.8) is 0 Å². The van der Waals surface area contributed by atoms with Gasteiger partial charge < -0.3 is 10.6 Å². The van der Waals surface area contributed by atoms with Crippen LogP contribution in [0.25, 0.3) is 0 Å². The predicted molar refractivity (Wildman–Crippen MR) is 66.5 cm³/mol. The summed E-state index contributed by atoms with van der Waals surface area (Å²) in [5, 5.41) is 6.00. The smallest absolute Gasteiger partial charge is 0.224 e. The number of carbonyl (C=O) groups is 1. The van der Waals surface area contributed by atoms with Gasteiger partial charge in [0.05, 0.1) is 11.9 Å². The van der Waals surface area contributed by atoms with Crippen LogP contribution in [0.5, 0.6) is 0 Å². The molecule has 16 heavy (non-hydrogen) atoms. The van der Waals surface area contributed by atoms with Gasteiger partial charge in [0.15, 0.2) is 0 Å². The Morgan fingerprint density at radius 1 is 1.38 bits per heavy atom. The van der Waals surface area contributed by atoms with E-state index < -0.39 is 0 Å². The Kier molecular flexibility index (Phi) is 3.88. The molecule has 0 atom stereocenters. The minimum Gasteiger partial charge on any atom is -0.365 e. The van der Waals surface area contributed by atoms with Crippen molar-refractivity contribution in [2.45, 2.75) is 39.7 Å². The first-order valence-electron chi connectivity index (χ1n) is 5.45. The molecule has 0 saturated heterocycles. The van der Waals surface area contributed by atoms with Crippen LogP contribution < -0.4 is 10.6 Å². The van der Waals surface area contributed by atoms with Gasteiger partial charge in [-0.15, -0.1) is 0 Å². The van der Waals surface area contributed by atoms with Crippen LogP contribution in [0, 0.1) is 0 Å².